The van der Waals surface area contributed by atoms with Crippen LogP contribution in [-0.2, 0) is 0 Å². The van der Waals surface area contributed by atoms with Gasteiger partial charge in [-0.15, -0.1) is 0 Å². The zero-order valence-corrected chi connectivity index (χ0v) is 15.2. The van der Waals surface area contributed by atoms with Gasteiger partial charge in [0.25, 0.3) is 5.91 Å². The van der Waals surface area contributed by atoms with E-state index in [1.165, 1.54) is 0 Å². The summed E-state index contributed by atoms with van der Waals surface area (Å²) >= 11 is 0. The third kappa shape index (κ3) is 3.03. The Morgan fingerprint density at radius 1 is 1.12 bits per heavy atom. The highest BCUT2D eigenvalue weighted by Gasteiger charge is 2.28. The van der Waals surface area contributed by atoms with Crippen LogP contribution in [0, 0.1) is 13.8 Å². The highest BCUT2D eigenvalue weighted by atomic mass is 16.2. The maximum atomic E-state index is 13.1. The fraction of sp³-hybridized carbons (Fsp3) is 0.350. The third-order valence-corrected chi connectivity index (χ3v) is 5.03. The molecule has 1 amide bonds. The molecule has 1 fully saturated rings. The van der Waals surface area contributed by atoms with Crippen LogP contribution in [0.2, 0.25) is 0 Å². The van der Waals surface area contributed by atoms with Crippen molar-refractivity contribution in [1.29, 1.82) is 0 Å². The molecule has 3 heterocycles. The zero-order valence-electron chi connectivity index (χ0n) is 15.2. The molecule has 26 heavy (non-hydrogen) atoms. The average Bonchev–Trinajstić information content (AvgIpc) is 3.28. The number of carbonyl (C=O) groups is 1. The van der Waals surface area contributed by atoms with Crippen LogP contribution in [0.1, 0.15) is 40.5 Å². The normalized spacial score (nSPS) is 17.5. The molecule has 6 nitrogen and oxygen atoms in total. The van der Waals surface area contributed by atoms with Crippen LogP contribution in [0.4, 0.5) is 0 Å². The highest BCUT2D eigenvalue weighted by molar-refractivity contribution is 5.95. The first-order chi connectivity index (χ1) is 12.6. The van der Waals surface area contributed by atoms with Crippen LogP contribution in [0.15, 0.2) is 48.9 Å². The van der Waals surface area contributed by atoms with Crippen LogP contribution < -0.4 is 0 Å². The van der Waals surface area contributed by atoms with E-state index in [4.69, 9.17) is 0 Å². The summed E-state index contributed by atoms with van der Waals surface area (Å²) in [5, 5.41) is 8.86. The number of benzene rings is 1. The Bertz CT molecular complexity index is 911. The fourth-order valence-corrected chi connectivity index (χ4v) is 3.61. The van der Waals surface area contributed by atoms with Gasteiger partial charge in [-0.05, 0) is 44.4 Å². The molecular weight excluding hydrogens is 326 g/mol. The first-order valence-corrected chi connectivity index (χ1v) is 9.03. The quantitative estimate of drug-likeness (QED) is 0.730. The van der Waals surface area contributed by atoms with Gasteiger partial charge < -0.3 is 4.90 Å². The molecular formula is C20H23N5O. The molecule has 3 aromatic rings. The van der Waals surface area contributed by atoms with Gasteiger partial charge in [0.15, 0.2) is 0 Å². The average molecular weight is 349 g/mol. The molecule has 1 saturated heterocycles. The summed E-state index contributed by atoms with van der Waals surface area (Å²) < 4.78 is 3.82. The minimum atomic E-state index is 0.0539. The van der Waals surface area contributed by atoms with Crippen LogP contribution in [-0.4, -0.2) is 43.5 Å². The number of aryl methyl sites for hydroxylation is 1. The Kier molecular flexibility index (Phi) is 4.32. The maximum Gasteiger partial charge on any atom is 0.257 e. The molecule has 0 spiro atoms. The van der Waals surface area contributed by atoms with Crippen molar-refractivity contribution in [3.63, 3.8) is 0 Å². The molecule has 0 unspecified atom stereocenters. The van der Waals surface area contributed by atoms with Crippen molar-refractivity contribution in [2.75, 3.05) is 13.1 Å². The molecule has 1 atom stereocenters. The molecule has 0 bridgehead atoms. The molecule has 0 radical (unpaired) electrons. The molecule has 0 N–H and O–H groups in total. The topological polar surface area (TPSA) is 56.0 Å². The van der Waals surface area contributed by atoms with E-state index in [1.807, 2.05) is 64.6 Å². The first-order valence-electron chi connectivity index (χ1n) is 9.03. The van der Waals surface area contributed by atoms with Crippen LogP contribution >= 0.6 is 0 Å². The Morgan fingerprint density at radius 3 is 2.65 bits per heavy atom. The predicted molar refractivity (Wildman–Crippen MR) is 99.4 cm³/mol. The van der Waals surface area contributed by atoms with Gasteiger partial charge in [0, 0.05) is 19.3 Å². The van der Waals surface area contributed by atoms with Gasteiger partial charge in [-0.1, -0.05) is 18.2 Å². The van der Waals surface area contributed by atoms with Crippen LogP contribution in [0.25, 0.3) is 5.69 Å². The molecule has 0 saturated carbocycles. The van der Waals surface area contributed by atoms with Gasteiger partial charge in [0.1, 0.15) is 0 Å². The smallest absolute Gasteiger partial charge is 0.257 e. The number of hydrogen-bond donors (Lipinski definition) is 0. The molecule has 6 heteroatoms. The molecule has 4 rings (SSSR count). The lowest BCUT2D eigenvalue weighted by Crippen LogP contribution is -2.41. The number of carbonyl (C=O) groups excluding carboxylic acids is 1. The first kappa shape index (κ1) is 16.6. The van der Waals surface area contributed by atoms with Gasteiger partial charge in [0.05, 0.1) is 35.4 Å². The lowest BCUT2D eigenvalue weighted by atomic mass is 10.0. The minimum Gasteiger partial charge on any atom is -0.336 e. The van der Waals surface area contributed by atoms with Crippen molar-refractivity contribution in [3.8, 4) is 5.69 Å². The maximum absolute atomic E-state index is 13.1. The Morgan fingerprint density at radius 2 is 1.92 bits per heavy atom. The van der Waals surface area contributed by atoms with E-state index in [1.54, 1.807) is 6.20 Å². The van der Waals surface area contributed by atoms with Gasteiger partial charge in [0.2, 0.25) is 0 Å². The van der Waals surface area contributed by atoms with E-state index >= 15 is 0 Å². The third-order valence-electron chi connectivity index (χ3n) is 5.03. The minimum absolute atomic E-state index is 0.0539. The standard InChI is InChI=1S/C20H23N5O/c1-15-11-21-24(13-15)18-9-6-10-23(14-18)20(26)19-12-22-25(16(19)2)17-7-4-3-5-8-17/h3-5,7-8,11-13,18H,6,9-10,14H2,1-2H3/t18-/m0/s1. The van der Waals surface area contributed by atoms with Crippen molar-refractivity contribution in [2.24, 2.45) is 0 Å². The fourth-order valence-electron chi connectivity index (χ4n) is 3.61. The summed E-state index contributed by atoms with van der Waals surface area (Å²) in [6.45, 7) is 5.46. The Labute approximate surface area is 153 Å². The van der Waals surface area contributed by atoms with Crippen molar-refractivity contribution < 1.29 is 4.79 Å². The summed E-state index contributed by atoms with van der Waals surface area (Å²) in [5.74, 6) is 0.0539. The van der Waals surface area contributed by atoms with Gasteiger partial charge in [-0.3, -0.25) is 9.48 Å². The van der Waals surface area contributed by atoms with E-state index in [-0.39, 0.29) is 11.9 Å². The Balaban J connectivity index is 1.55. The van der Waals surface area contributed by atoms with Gasteiger partial charge in [-0.25, -0.2) is 4.68 Å². The largest absolute Gasteiger partial charge is 0.336 e. The number of likely N-dealkylation sites (tertiary alicyclic amines) is 1. The molecule has 1 aliphatic rings. The van der Waals surface area contributed by atoms with Crippen molar-refractivity contribution in [2.45, 2.75) is 32.7 Å². The second-order valence-electron chi connectivity index (χ2n) is 6.94. The predicted octanol–water partition coefficient (Wildman–Crippen LogP) is 3.16. The summed E-state index contributed by atoms with van der Waals surface area (Å²) in [4.78, 5) is 15.0. The molecule has 134 valence electrons. The number of nitrogens with zero attached hydrogens (tertiary/aromatic N) is 5. The van der Waals surface area contributed by atoms with Crippen molar-refractivity contribution in [3.05, 3.63) is 65.7 Å². The lowest BCUT2D eigenvalue weighted by molar-refractivity contribution is 0.0672. The summed E-state index contributed by atoms with van der Waals surface area (Å²) in [5.41, 5.74) is 3.66. The number of piperidine rings is 1. The highest BCUT2D eigenvalue weighted by Crippen LogP contribution is 2.24. The van der Waals surface area contributed by atoms with E-state index < -0.39 is 0 Å². The number of aromatic nitrogens is 4. The molecule has 1 aliphatic heterocycles. The second kappa shape index (κ2) is 6.78. The van der Waals surface area contributed by atoms with E-state index in [0.29, 0.717) is 12.1 Å². The molecule has 1 aromatic carbocycles. The second-order valence-corrected chi connectivity index (χ2v) is 6.94. The van der Waals surface area contributed by atoms with E-state index in [9.17, 15) is 4.79 Å². The summed E-state index contributed by atoms with van der Waals surface area (Å²) in [7, 11) is 0. The number of para-hydroxylation sites is 1. The van der Waals surface area contributed by atoms with E-state index in [2.05, 4.69) is 16.4 Å². The lowest BCUT2D eigenvalue weighted by Gasteiger charge is -2.32. The molecule has 0 aliphatic carbocycles. The monoisotopic (exact) mass is 349 g/mol. The zero-order chi connectivity index (χ0) is 18.1. The number of amides is 1. The number of rotatable bonds is 3. The molecule has 2 aromatic heterocycles. The Hall–Kier alpha value is -2.89. The van der Waals surface area contributed by atoms with Crippen LogP contribution in [0.5, 0.6) is 0 Å². The SMILES string of the molecule is Cc1cnn([C@H]2CCCN(C(=O)c3cnn(-c4ccccc4)c3C)C2)c1. The summed E-state index contributed by atoms with van der Waals surface area (Å²) in [6.07, 6.45) is 7.65. The van der Waals surface area contributed by atoms with Crippen molar-refractivity contribution in [1.82, 2.24) is 24.5 Å². The van der Waals surface area contributed by atoms with Crippen LogP contribution in [0.3, 0.4) is 0 Å². The van der Waals surface area contributed by atoms with E-state index in [0.717, 1.165) is 36.3 Å². The number of hydrogen-bond acceptors (Lipinski definition) is 3. The summed E-state index contributed by atoms with van der Waals surface area (Å²) in [6, 6.07) is 10.1. The van der Waals surface area contributed by atoms with Gasteiger partial charge >= 0.3 is 0 Å². The van der Waals surface area contributed by atoms with Crippen molar-refractivity contribution >= 4 is 5.91 Å². The van der Waals surface area contributed by atoms with Gasteiger partial charge in [-0.2, -0.15) is 10.2 Å².